The number of carboxylic acid groups (broad SMARTS) is 1. The third-order valence-corrected chi connectivity index (χ3v) is 2.21. The summed E-state index contributed by atoms with van der Waals surface area (Å²) in [6, 6.07) is 4.18. The Hall–Kier alpha value is -2.04. The Morgan fingerprint density at radius 1 is 1.47 bits per heavy atom. The zero-order valence-corrected chi connectivity index (χ0v) is 7.64. The number of carbonyl (C=O) groups is 2. The van der Waals surface area contributed by atoms with E-state index in [1.807, 2.05) is 0 Å². The zero-order valence-electron chi connectivity index (χ0n) is 7.64. The second kappa shape index (κ2) is 3.27. The summed E-state index contributed by atoms with van der Waals surface area (Å²) in [5, 5.41) is 17.8. The van der Waals surface area contributed by atoms with Crippen molar-refractivity contribution in [2.75, 3.05) is 0 Å². The predicted octanol–water partition coefficient (Wildman–Crippen LogP) is 1.08. The highest BCUT2D eigenvalue weighted by Gasteiger charge is 2.32. The van der Waals surface area contributed by atoms with Gasteiger partial charge in [-0.05, 0) is 12.1 Å². The first kappa shape index (κ1) is 9.51. The number of aromatic hydroxyl groups is 1. The molecular weight excluding hydrogens is 200 g/mol. The van der Waals surface area contributed by atoms with E-state index >= 15 is 0 Å². The van der Waals surface area contributed by atoms with Crippen LogP contribution in [0.4, 0.5) is 0 Å². The summed E-state index contributed by atoms with van der Waals surface area (Å²) in [4.78, 5) is 21.8. The fourth-order valence-electron chi connectivity index (χ4n) is 1.57. The van der Waals surface area contributed by atoms with Crippen molar-refractivity contribution in [3.8, 4) is 5.75 Å². The second-order valence-electron chi connectivity index (χ2n) is 3.26. The van der Waals surface area contributed by atoms with E-state index in [2.05, 4.69) is 0 Å². The van der Waals surface area contributed by atoms with E-state index in [4.69, 9.17) is 14.9 Å². The molecule has 5 heteroatoms. The molecule has 78 valence electrons. The third-order valence-electron chi connectivity index (χ3n) is 2.21. The van der Waals surface area contributed by atoms with Gasteiger partial charge < -0.3 is 14.9 Å². The van der Waals surface area contributed by atoms with Crippen LogP contribution >= 0.6 is 0 Å². The Morgan fingerprint density at radius 3 is 2.87 bits per heavy atom. The molecule has 0 amide bonds. The van der Waals surface area contributed by atoms with Crippen LogP contribution in [0.15, 0.2) is 18.2 Å². The maximum Gasteiger partial charge on any atom is 0.339 e. The van der Waals surface area contributed by atoms with E-state index in [0.717, 1.165) is 0 Å². The number of phenols is 1. The van der Waals surface area contributed by atoms with E-state index in [1.165, 1.54) is 18.2 Å². The van der Waals surface area contributed by atoms with Crippen molar-refractivity contribution in [2.45, 2.75) is 12.5 Å². The molecular formula is C10H8O5. The Bertz CT molecular complexity index is 437. The van der Waals surface area contributed by atoms with Crippen molar-refractivity contribution in [1.82, 2.24) is 0 Å². The fourth-order valence-corrected chi connectivity index (χ4v) is 1.57. The van der Waals surface area contributed by atoms with E-state index < -0.39 is 18.0 Å². The van der Waals surface area contributed by atoms with Gasteiger partial charge in [-0.15, -0.1) is 0 Å². The number of cyclic esters (lactones) is 1. The summed E-state index contributed by atoms with van der Waals surface area (Å²) >= 11 is 0. The highest BCUT2D eigenvalue weighted by atomic mass is 16.5. The molecule has 15 heavy (non-hydrogen) atoms. The monoisotopic (exact) mass is 208 g/mol. The van der Waals surface area contributed by atoms with Crippen LogP contribution in [0.3, 0.4) is 0 Å². The Kier molecular flexibility index (Phi) is 2.07. The number of hydrogen-bond acceptors (Lipinski definition) is 4. The molecule has 1 aromatic carbocycles. The number of aliphatic carboxylic acids is 1. The van der Waals surface area contributed by atoms with Gasteiger partial charge in [-0.25, -0.2) is 4.79 Å². The van der Waals surface area contributed by atoms with Gasteiger partial charge in [0.25, 0.3) is 0 Å². The van der Waals surface area contributed by atoms with E-state index in [0.29, 0.717) is 5.56 Å². The van der Waals surface area contributed by atoms with Gasteiger partial charge in [-0.1, -0.05) is 6.07 Å². The molecule has 0 saturated heterocycles. The molecule has 0 bridgehead atoms. The molecule has 2 rings (SSSR count). The highest BCUT2D eigenvalue weighted by Crippen LogP contribution is 2.34. The van der Waals surface area contributed by atoms with Gasteiger partial charge in [0.2, 0.25) is 0 Å². The third kappa shape index (κ3) is 1.63. The number of benzene rings is 1. The van der Waals surface area contributed by atoms with Crippen molar-refractivity contribution >= 4 is 11.9 Å². The normalized spacial score (nSPS) is 18.4. The predicted molar refractivity (Wildman–Crippen MR) is 48.5 cm³/mol. The fraction of sp³-hybridized carbons (Fsp3) is 0.200. The summed E-state index contributed by atoms with van der Waals surface area (Å²) in [5.74, 6) is -1.66. The highest BCUT2D eigenvalue weighted by molar-refractivity contribution is 5.95. The number of hydrogen-bond donors (Lipinski definition) is 2. The largest absolute Gasteiger partial charge is 0.508 e. The molecule has 1 unspecified atom stereocenters. The Balaban J connectivity index is 2.38. The number of carboxylic acids is 1. The Labute approximate surface area is 84.9 Å². The molecule has 5 nitrogen and oxygen atoms in total. The van der Waals surface area contributed by atoms with Crippen LogP contribution < -0.4 is 0 Å². The van der Waals surface area contributed by atoms with Crippen LogP contribution in [-0.2, 0) is 9.53 Å². The van der Waals surface area contributed by atoms with Crippen LogP contribution in [0.25, 0.3) is 0 Å². The first-order valence-corrected chi connectivity index (χ1v) is 4.33. The van der Waals surface area contributed by atoms with E-state index in [-0.39, 0.29) is 17.7 Å². The quantitative estimate of drug-likeness (QED) is 0.710. The molecule has 1 atom stereocenters. The number of esters is 1. The molecule has 0 spiro atoms. The van der Waals surface area contributed by atoms with Gasteiger partial charge in [-0.3, -0.25) is 4.79 Å². The maximum atomic E-state index is 11.3. The van der Waals surface area contributed by atoms with Crippen molar-refractivity contribution in [3.63, 3.8) is 0 Å². The molecule has 0 fully saturated rings. The minimum absolute atomic E-state index is 0.0401. The van der Waals surface area contributed by atoms with E-state index in [1.54, 1.807) is 0 Å². The minimum Gasteiger partial charge on any atom is -0.508 e. The van der Waals surface area contributed by atoms with Crippen molar-refractivity contribution in [2.24, 2.45) is 0 Å². The molecule has 1 aromatic rings. The molecule has 0 saturated carbocycles. The molecule has 2 N–H and O–H groups in total. The van der Waals surface area contributed by atoms with Crippen molar-refractivity contribution in [1.29, 1.82) is 0 Å². The van der Waals surface area contributed by atoms with Crippen LogP contribution in [0.2, 0.25) is 0 Å². The molecule has 1 aliphatic rings. The lowest BCUT2D eigenvalue weighted by Crippen LogP contribution is -2.05. The molecule has 1 heterocycles. The molecule has 0 aromatic heterocycles. The number of phenolic OH excluding ortho intramolecular Hbond substituents is 1. The number of carbonyl (C=O) groups excluding carboxylic acids is 1. The van der Waals surface area contributed by atoms with E-state index in [9.17, 15) is 9.59 Å². The first-order chi connectivity index (χ1) is 7.08. The summed E-state index contributed by atoms with van der Waals surface area (Å²) in [7, 11) is 0. The van der Waals surface area contributed by atoms with Crippen LogP contribution in [0, 0.1) is 0 Å². The Morgan fingerprint density at radius 2 is 2.20 bits per heavy atom. The standard InChI is InChI=1S/C10H8O5/c11-5-1-2-6-7(3-5)10(14)15-8(6)4-9(12)13/h1-3,8,11H,4H2,(H,12,13). The lowest BCUT2D eigenvalue weighted by Gasteiger charge is -2.06. The van der Waals surface area contributed by atoms with Crippen LogP contribution in [0.5, 0.6) is 5.75 Å². The number of ether oxygens (including phenoxy) is 1. The van der Waals surface area contributed by atoms with Crippen LogP contribution in [-0.4, -0.2) is 22.2 Å². The molecule has 0 aliphatic carbocycles. The summed E-state index contributed by atoms with van der Waals surface area (Å²) in [5.41, 5.74) is 0.751. The van der Waals surface area contributed by atoms with Crippen LogP contribution in [0.1, 0.15) is 28.4 Å². The molecule has 1 aliphatic heterocycles. The topological polar surface area (TPSA) is 83.8 Å². The number of rotatable bonds is 2. The SMILES string of the molecule is O=C(O)CC1OC(=O)c2cc(O)ccc21. The molecule has 0 radical (unpaired) electrons. The van der Waals surface area contributed by atoms with Gasteiger partial charge in [0.05, 0.1) is 12.0 Å². The lowest BCUT2D eigenvalue weighted by atomic mass is 10.0. The summed E-state index contributed by atoms with van der Waals surface area (Å²) in [6.07, 6.45) is -1.01. The summed E-state index contributed by atoms with van der Waals surface area (Å²) in [6.45, 7) is 0. The van der Waals surface area contributed by atoms with Crippen molar-refractivity contribution in [3.05, 3.63) is 29.3 Å². The number of fused-ring (bicyclic) bond motifs is 1. The van der Waals surface area contributed by atoms with Gasteiger partial charge in [0.15, 0.2) is 0 Å². The minimum atomic E-state index is -1.03. The van der Waals surface area contributed by atoms with Gasteiger partial charge in [0.1, 0.15) is 11.9 Å². The van der Waals surface area contributed by atoms with Crippen molar-refractivity contribution < 1.29 is 24.5 Å². The smallest absolute Gasteiger partial charge is 0.339 e. The van der Waals surface area contributed by atoms with Gasteiger partial charge in [0, 0.05) is 5.56 Å². The summed E-state index contributed by atoms with van der Waals surface area (Å²) < 4.78 is 4.87. The van der Waals surface area contributed by atoms with Gasteiger partial charge in [-0.2, -0.15) is 0 Å². The van der Waals surface area contributed by atoms with Gasteiger partial charge >= 0.3 is 11.9 Å². The lowest BCUT2D eigenvalue weighted by molar-refractivity contribution is -0.139. The average molecular weight is 208 g/mol. The zero-order chi connectivity index (χ0) is 11.0. The first-order valence-electron chi connectivity index (χ1n) is 4.33. The average Bonchev–Trinajstić information content (AvgIpc) is 2.42. The maximum absolute atomic E-state index is 11.3. The second-order valence-corrected chi connectivity index (χ2v) is 3.26.